The summed E-state index contributed by atoms with van der Waals surface area (Å²) in [6.07, 6.45) is 7.64. The van der Waals surface area contributed by atoms with Crippen LogP contribution in [0.25, 0.3) is 11.1 Å². The van der Waals surface area contributed by atoms with E-state index in [4.69, 9.17) is 4.42 Å². The van der Waals surface area contributed by atoms with Gasteiger partial charge in [0.1, 0.15) is 5.52 Å². The van der Waals surface area contributed by atoms with E-state index in [1.807, 2.05) is 10.8 Å². The van der Waals surface area contributed by atoms with E-state index in [1.54, 1.807) is 30.7 Å². The molecule has 1 amide bonds. The largest absolute Gasteiger partial charge is 0.443 e. The van der Waals surface area contributed by atoms with Gasteiger partial charge in [0, 0.05) is 31.0 Å². The van der Waals surface area contributed by atoms with E-state index >= 15 is 0 Å². The molecule has 1 N–H and O–H groups in total. The van der Waals surface area contributed by atoms with E-state index in [0.717, 1.165) is 13.0 Å². The first kappa shape index (κ1) is 12.4. The Labute approximate surface area is 115 Å². The maximum absolute atomic E-state index is 12.0. The number of aromatic nitrogens is 3. The Bertz CT molecular complexity index is 703. The minimum absolute atomic E-state index is 0.0967. The van der Waals surface area contributed by atoms with Crippen LogP contribution in [0, 0.1) is 0 Å². The summed E-state index contributed by atoms with van der Waals surface area (Å²) in [5.74, 6) is -0.0967. The molecule has 0 spiro atoms. The van der Waals surface area contributed by atoms with Crippen LogP contribution in [0.15, 0.2) is 47.7 Å². The molecular weight excluding hydrogens is 256 g/mol. The van der Waals surface area contributed by atoms with Gasteiger partial charge >= 0.3 is 0 Å². The van der Waals surface area contributed by atoms with E-state index < -0.39 is 0 Å². The molecule has 6 nitrogen and oxygen atoms in total. The lowest BCUT2D eigenvalue weighted by molar-refractivity contribution is 0.0953. The minimum atomic E-state index is -0.0967. The molecule has 0 aliphatic heterocycles. The van der Waals surface area contributed by atoms with Crippen molar-refractivity contribution in [2.75, 3.05) is 6.54 Å². The fourth-order valence-corrected chi connectivity index (χ4v) is 1.98. The lowest BCUT2D eigenvalue weighted by Gasteiger charge is -2.05. The van der Waals surface area contributed by atoms with E-state index in [2.05, 4.69) is 15.3 Å². The van der Waals surface area contributed by atoms with Gasteiger partial charge in [-0.1, -0.05) is 0 Å². The number of hydrogen-bond donors (Lipinski definition) is 1. The molecule has 3 aromatic rings. The van der Waals surface area contributed by atoms with Gasteiger partial charge < -0.3 is 14.3 Å². The van der Waals surface area contributed by atoms with Crippen LogP contribution in [0.4, 0.5) is 0 Å². The van der Waals surface area contributed by atoms with Gasteiger partial charge in [-0.3, -0.25) is 4.79 Å². The Balaban J connectivity index is 1.53. The molecule has 0 aliphatic carbocycles. The first-order valence-corrected chi connectivity index (χ1v) is 6.40. The predicted octanol–water partition coefficient (Wildman–Crippen LogP) is 1.84. The quantitative estimate of drug-likeness (QED) is 0.718. The molecule has 0 unspecified atom stereocenters. The number of amides is 1. The van der Waals surface area contributed by atoms with Crippen molar-refractivity contribution in [3.05, 3.63) is 48.9 Å². The van der Waals surface area contributed by atoms with Crippen LogP contribution in [0.1, 0.15) is 16.8 Å². The molecule has 0 saturated heterocycles. The molecule has 102 valence electrons. The van der Waals surface area contributed by atoms with E-state index in [9.17, 15) is 4.79 Å². The molecule has 0 fully saturated rings. The van der Waals surface area contributed by atoms with Gasteiger partial charge in [-0.05, 0) is 24.6 Å². The molecule has 0 atom stereocenters. The smallest absolute Gasteiger partial charge is 0.251 e. The van der Waals surface area contributed by atoms with Crippen molar-refractivity contribution in [2.45, 2.75) is 13.0 Å². The molecule has 0 saturated carbocycles. The number of benzene rings is 1. The maximum Gasteiger partial charge on any atom is 0.251 e. The zero-order chi connectivity index (χ0) is 13.8. The number of fused-ring (bicyclic) bond motifs is 1. The number of carbonyl (C=O) groups excluding carboxylic acids is 1. The first-order valence-electron chi connectivity index (χ1n) is 6.40. The van der Waals surface area contributed by atoms with Crippen molar-refractivity contribution in [1.29, 1.82) is 0 Å². The second-order valence-electron chi connectivity index (χ2n) is 4.44. The third-order valence-electron chi connectivity index (χ3n) is 3.03. The fourth-order valence-electron chi connectivity index (χ4n) is 1.98. The lowest BCUT2D eigenvalue weighted by Crippen LogP contribution is -2.25. The number of aryl methyl sites for hydroxylation is 1. The van der Waals surface area contributed by atoms with Gasteiger partial charge in [-0.2, -0.15) is 0 Å². The molecule has 0 radical (unpaired) electrons. The number of nitrogens with zero attached hydrogens (tertiary/aromatic N) is 3. The standard InChI is InChI=1S/C14H14N4O2/c19-14(16-4-1-6-18-7-5-15-9-18)11-2-3-13-12(8-11)17-10-20-13/h2-3,5,7-10H,1,4,6H2,(H,16,19). The van der Waals surface area contributed by atoms with Crippen molar-refractivity contribution >= 4 is 17.0 Å². The summed E-state index contributed by atoms with van der Waals surface area (Å²) in [6, 6.07) is 5.21. The average Bonchev–Trinajstić information content (AvgIpc) is 3.13. The SMILES string of the molecule is O=C(NCCCn1ccnc1)c1ccc2ocnc2c1. The number of hydrogen-bond acceptors (Lipinski definition) is 4. The van der Waals surface area contributed by atoms with Crippen LogP contribution in [0.5, 0.6) is 0 Å². The summed E-state index contributed by atoms with van der Waals surface area (Å²) >= 11 is 0. The molecule has 1 aromatic carbocycles. The average molecular weight is 270 g/mol. The Morgan fingerprint density at radius 2 is 2.35 bits per heavy atom. The van der Waals surface area contributed by atoms with Gasteiger partial charge in [-0.25, -0.2) is 9.97 Å². The Kier molecular flexibility index (Phi) is 3.45. The van der Waals surface area contributed by atoms with Gasteiger partial charge in [0.2, 0.25) is 0 Å². The predicted molar refractivity (Wildman–Crippen MR) is 73.2 cm³/mol. The van der Waals surface area contributed by atoms with Gasteiger partial charge in [0.15, 0.2) is 12.0 Å². The van der Waals surface area contributed by atoms with Crippen LogP contribution in [0.3, 0.4) is 0 Å². The normalized spacial score (nSPS) is 10.8. The third-order valence-corrected chi connectivity index (χ3v) is 3.03. The van der Waals surface area contributed by atoms with Gasteiger partial charge in [0.25, 0.3) is 5.91 Å². The Morgan fingerprint density at radius 1 is 1.40 bits per heavy atom. The topological polar surface area (TPSA) is 73.0 Å². The first-order chi connectivity index (χ1) is 9.83. The summed E-state index contributed by atoms with van der Waals surface area (Å²) < 4.78 is 7.12. The maximum atomic E-state index is 12.0. The molecule has 2 aromatic heterocycles. The molecular formula is C14H14N4O2. The highest BCUT2D eigenvalue weighted by Gasteiger charge is 2.07. The summed E-state index contributed by atoms with van der Waals surface area (Å²) in [5, 5.41) is 2.89. The van der Waals surface area contributed by atoms with Crippen molar-refractivity contribution in [3.8, 4) is 0 Å². The van der Waals surface area contributed by atoms with Crippen molar-refractivity contribution in [1.82, 2.24) is 19.9 Å². The highest BCUT2D eigenvalue weighted by molar-refractivity contribution is 5.96. The fraction of sp³-hybridized carbons (Fsp3) is 0.214. The van der Waals surface area contributed by atoms with E-state index in [1.165, 1.54) is 6.39 Å². The van der Waals surface area contributed by atoms with Gasteiger partial charge in [-0.15, -0.1) is 0 Å². The number of rotatable bonds is 5. The highest BCUT2D eigenvalue weighted by Crippen LogP contribution is 2.13. The summed E-state index contributed by atoms with van der Waals surface area (Å²) in [6.45, 7) is 1.45. The van der Waals surface area contributed by atoms with Gasteiger partial charge in [0.05, 0.1) is 6.33 Å². The van der Waals surface area contributed by atoms with E-state index in [-0.39, 0.29) is 5.91 Å². The number of carbonyl (C=O) groups is 1. The molecule has 3 rings (SSSR count). The van der Waals surface area contributed by atoms with Crippen LogP contribution in [0.2, 0.25) is 0 Å². The third kappa shape index (κ3) is 2.69. The highest BCUT2D eigenvalue weighted by atomic mass is 16.3. The molecule has 2 heterocycles. The van der Waals surface area contributed by atoms with Crippen LogP contribution < -0.4 is 5.32 Å². The number of oxazole rings is 1. The van der Waals surface area contributed by atoms with Crippen molar-refractivity contribution in [3.63, 3.8) is 0 Å². The minimum Gasteiger partial charge on any atom is -0.443 e. The second kappa shape index (κ2) is 5.56. The Hall–Kier alpha value is -2.63. The van der Waals surface area contributed by atoms with Crippen LogP contribution in [-0.4, -0.2) is 27.0 Å². The zero-order valence-electron chi connectivity index (χ0n) is 10.8. The van der Waals surface area contributed by atoms with Crippen molar-refractivity contribution < 1.29 is 9.21 Å². The summed E-state index contributed by atoms with van der Waals surface area (Å²) in [5.41, 5.74) is 1.96. The zero-order valence-corrected chi connectivity index (χ0v) is 10.8. The molecule has 20 heavy (non-hydrogen) atoms. The molecule has 0 bridgehead atoms. The number of imidazole rings is 1. The molecule has 6 heteroatoms. The number of nitrogens with one attached hydrogen (secondary N) is 1. The van der Waals surface area contributed by atoms with Crippen LogP contribution in [-0.2, 0) is 6.54 Å². The van der Waals surface area contributed by atoms with E-state index in [0.29, 0.717) is 23.2 Å². The lowest BCUT2D eigenvalue weighted by atomic mass is 10.2. The monoisotopic (exact) mass is 270 g/mol. The molecule has 0 aliphatic rings. The second-order valence-corrected chi connectivity index (χ2v) is 4.44. The van der Waals surface area contributed by atoms with Crippen molar-refractivity contribution in [2.24, 2.45) is 0 Å². The summed E-state index contributed by atoms with van der Waals surface area (Å²) in [4.78, 5) is 20.0. The van der Waals surface area contributed by atoms with Crippen LogP contribution >= 0.6 is 0 Å². The Morgan fingerprint density at radius 3 is 3.20 bits per heavy atom. The summed E-state index contributed by atoms with van der Waals surface area (Å²) in [7, 11) is 0.